The summed E-state index contributed by atoms with van der Waals surface area (Å²) in [6.45, 7) is 5.70. The Balaban J connectivity index is 1.67. The Kier molecular flexibility index (Phi) is 7.70. The van der Waals surface area contributed by atoms with Crippen LogP contribution in [0.15, 0.2) is 53.3 Å². The van der Waals surface area contributed by atoms with Crippen LogP contribution in [0.25, 0.3) is 4.96 Å². The average molecular weight is 539 g/mol. The Labute approximate surface area is 221 Å². The minimum Gasteiger partial charge on any atom is -0.462 e. The second-order valence-electron chi connectivity index (χ2n) is 8.22. The first-order chi connectivity index (χ1) is 17.7. The Hall–Kier alpha value is -4.02. The largest absolute Gasteiger partial charge is 0.462 e. The number of nitrogens with one attached hydrogen (secondary N) is 2. The Morgan fingerprint density at radius 3 is 2.35 bits per heavy atom. The van der Waals surface area contributed by atoms with Gasteiger partial charge in [-0.3, -0.25) is 14.4 Å². The van der Waals surface area contributed by atoms with E-state index in [4.69, 9.17) is 16.3 Å². The quantitative estimate of drug-likeness (QED) is 0.316. The van der Waals surface area contributed by atoms with Gasteiger partial charge in [0.15, 0.2) is 4.96 Å². The molecule has 2 amide bonds. The number of halogens is 1. The van der Waals surface area contributed by atoms with Crippen LogP contribution in [0, 0.1) is 13.8 Å². The highest BCUT2D eigenvalue weighted by Crippen LogP contribution is 2.25. The summed E-state index contributed by atoms with van der Waals surface area (Å²) in [5.41, 5.74) is 1.80. The van der Waals surface area contributed by atoms with Crippen molar-refractivity contribution in [2.75, 3.05) is 17.2 Å². The maximum atomic E-state index is 13.3. The molecular formula is C26H23ClN4O5S. The average Bonchev–Trinajstić information content (AvgIpc) is 3.25. The molecule has 2 N–H and O–H groups in total. The van der Waals surface area contributed by atoms with Crippen molar-refractivity contribution in [3.05, 3.63) is 91.3 Å². The van der Waals surface area contributed by atoms with Gasteiger partial charge in [-0.25, -0.2) is 14.2 Å². The van der Waals surface area contributed by atoms with E-state index in [0.29, 0.717) is 40.7 Å². The van der Waals surface area contributed by atoms with Crippen LogP contribution in [0.4, 0.5) is 11.4 Å². The number of amides is 2. The zero-order valence-corrected chi connectivity index (χ0v) is 21.8. The highest BCUT2D eigenvalue weighted by atomic mass is 35.5. The molecule has 0 aliphatic rings. The van der Waals surface area contributed by atoms with E-state index < -0.39 is 23.3 Å². The van der Waals surface area contributed by atoms with E-state index in [2.05, 4.69) is 15.6 Å². The molecule has 37 heavy (non-hydrogen) atoms. The highest BCUT2D eigenvalue weighted by molar-refractivity contribution is 7.19. The normalized spacial score (nSPS) is 10.8. The lowest BCUT2D eigenvalue weighted by Gasteiger charge is -2.09. The number of benzene rings is 2. The molecule has 4 aromatic rings. The first-order valence-corrected chi connectivity index (χ1v) is 12.6. The number of aromatic nitrogens is 2. The summed E-state index contributed by atoms with van der Waals surface area (Å²) in [5.74, 6) is -1.74. The summed E-state index contributed by atoms with van der Waals surface area (Å²) in [6, 6.07) is 12.5. The minimum absolute atomic E-state index is 0.00246. The van der Waals surface area contributed by atoms with Crippen LogP contribution in [-0.2, 0) is 4.74 Å². The molecule has 0 aliphatic carbocycles. The predicted molar refractivity (Wildman–Crippen MR) is 143 cm³/mol. The molecule has 0 saturated heterocycles. The predicted octanol–water partition coefficient (Wildman–Crippen LogP) is 5.10. The number of rotatable bonds is 7. The van der Waals surface area contributed by atoms with Crippen molar-refractivity contribution in [2.45, 2.75) is 27.2 Å². The van der Waals surface area contributed by atoms with Gasteiger partial charge in [0.05, 0.1) is 12.2 Å². The number of hydrogen-bond acceptors (Lipinski definition) is 7. The van der Waals surface area contributed by atoms with Crippen LogP contribution >= 0.6 is 22.9 Å². The molecule has 0 aliphatic heterocycles. The second-order valence-corrected chi connectivity index (χ2v) is 9.60. The number of fused-ring (bicyclic) bond motifs is 1. The summed E-state index contributed by atoms with van der Waals surface area (Å²) >= 11 is 7.10. The Bertz CT molecular complexity index is 1580. The SMILES string of the molecule is CCCOC(=O)c1ccc(NC(=O)c2sc3nc(C)cc(=O)n3c2C(=O)Nc2ccc(C)c(Cl)c2)cc1. The molecule has 2 aromatic carbocycles. The summed E-state index contributed by atoms with van der Waals surface area (Å²) in [6.07, 6.45) is 0.708. The van der Waals surface area contributed by atoms with Crippen LogP contribution in [0.2, 0.25) is 5.02 Å². The first-order valence-electron chi connectivity index (χ1n) is 11.4. The number of ether oxygens (including phenoxy) is 1. The van der Waals surface area contributed by atoms with Gasteiger partial charge >= 0.3 is 5.97 Å². The molecule has 190 valence electrons. The van der Waals surface area contributed by atoms with Crippen molar-refractivity contribution >= 4 is 57.1 Å². The first kappa shape index (κ1) is 26.1. The fourth-order valence-electron chi connectivity index (χ4n) is 3.46. The van der Waals surface area contributed by atoms with Crippen molar-refractivity contribution in [3.8, 4) is 0 Å². The topological polar surface area (TPSA) is 119 Å². The van der Waals surface area contributed by atoms with Crippen molar-refractivity contribution in [1.82, 2.24) is 9.38 Å². The van der Waals surface area contributed by atoms with Gasteiger partial charge in [0.2, 0.25) is 0 Å². The van der Waals surface area contributed by atoms with Crippen molar-refractivity contribution in [2.24, 2.45) is 0 Å². The number of carbonyl (C=O) groups is 3. The van der Waals surface area contributed by atoms with Crippen LogP contribution in [0.3, 0.4) is 0 Å². The Morgan fingerprint density at radius 2 is 1.68 bits per heavy atom. The van der Waals surface area contributed by atoms with E-state index in [1.807, 2.05) is 13.8 Å². The van der Waals surface area contributed by atoms with Gasteiger partial charge in [-0.1, -0.05) is 35.9 Å². The van der Waals surface area contributed by atoms with Crippen LogP contribution in [0.1, 0.15) is 55.1 Å². The fourth-order valence-corrected chi connectivity index (χ4v) is 4.71. The monoisotopic (exact) mass is 538 g/mol. The van der Waals surface area contributed by atoms with Gasteiger partial charge in [0.25, 0.3) is 17.4 Å². The summed E-state index contributed by atoms with van der Waals surface area (Å²) < 4.78 is 6.23. The third-order valence-corrected chi connectivity index (χ3v) is 6.76. The Morgan fingerprint density at radius 1 is 1.00 bits per heavy atom. The van der Waals surface area contributed by atoms with E-state index in [9.17, 15) is 19.2 Å². The van der Waals surface area contributed by atoms with Gasteiger partial charge in [-0.2, -0.15) is 0 Å². The lowest BCUT2D eigenvalue weighted by atomic mass is 10.2. The van der Waals surface area contributed by atoms with E-state index in [1.54, 1.807) is 37.3 Å². The fraction of sp³-hybridized carbons (Fsp3) is 0.192. The molecule has 4 rings (SSSR count). The van der Waals surface area contributed by atoms with Gasteiger partial charge in [-0.15, -0.1) is 0 Å². The molecule has 2 heterocycles. The number of thiazole rings is 1. The lowest BCUT2D eigenvalue weighted by molar-refractivity contribution is 0.0505. The lowest BCUT2D eigenvalue weighted by Crippen LogP contribution is -2.25. The number of esters is 1. The van der Waals surface area contributed by atoms with E-state index in [0.717, 1.165) is 21.3 Å². The van der Waals surface area contributed by atoms with Crippen molar-refractivity contribution in [1.29, 1.82) is 0 Å². The van der Waals surface area contributed by atoms with Gasteiger partial charge in [0.1, 0.15) is 10.6 Å². The summed E-state index contributed by atoms with van der Waals surface area (Å²) in [4.78, 5) is 56.0. The van der Waals surface area contributed by atoms with Crippen LogP contribution in [-0.4, -0.2) is 33.8 Å². The molecule has 11 heteroatoms. The van der Waals surface area contributed by atoms with Crippen molar-refractivity contribution < 1.29 is 19.1 Å². The van der Waals surface area contributed by atoms with E-state index in [-0.39, 0.29) is 15.5 Å². The zero-order valence-electron chi connectivity index (χ0n) is 20.3. The van der Waals surface area contributed by atoms with Crippen molar-refractivity contribution in [3.63, 3.8) is 0 Å². The number of carbonyl (C=O) groups excluding carboxylic acids is 3. The van der Waals surface area contributed by atoms with Gasteiger partial charge in [-0.05, 0) is 62.2 Å². The second kappa shape index (κ2) is 10.9. The number of anilines is 2. The third kappa shape index (κ3) is 5.71. The standard InChI is InChI=1S/C26H23ClN4O5S/c1-4-11-36-25(35)16-6-9-17(10-7-16)29-24(34)22-21(31-20(32)12-15(3)28-26(31)37-22)23(33)30-18-8-5-14(2)19(27)13-18/h5-10,12-13H,4,11H2,1-3H3,(H,29,34)(H,30,33). The molecule has 9 nitrogen and oxygen atoms in total. The summed E-state index contributed by atoms with van der Waals surface area (Å²) in [7, 11) is 0. The summed E-state index contributed by atoms with van der Waals surface area (Å²) in [5, 5.41) is 5.88. The van der Waals surface area contributed by atoms with E-state index >= 15 is 0 Å². The molecule has 0 spiro atoms. The van der Waals surface area contributed by atoms with Crippen LogP contribution < -0.4 is 16.2 Å². The zero-order chi connectivity index (χ0) is 26.7. The maximum absolute atomic E-state index is 13.3. The number of nitrogens with zero attached hydrogens (tertiary/aromatic N) is 2. The molecule has 0 fully saturated rings. The van der Waals surface area contributed by atoms with Gasteiger partial charge < -0.3 is 15.4 Å². The number of hydrogen-bond donors (Lipinski definition) is 2. The smallest absolute Gasteiger partial charge is 0.338 e. The van der Waals surface area contributed by atoms with Crippen LogP contribution in [0.5, 0.6) is 0 Å². The molecule has 2 aromatic heterocycles. The molecule has 0 radical (unpaired) electrons. The molecule has 0 atom stereocenters. The molecule has 0 saturated carbocycles. The molecule has 0 bridgehead atoms. The van der Waals surface area contributed by atoms with Gasteiger partial charge in [0, 0.05) is 28.2 Å². The third-order valence-electron chi connectivity index (χ3n) is 5.31. The van der Waals surface area contributed by atoms with E-state index in [1.165, 1.54) is 18.2 Å². The molecular weight excluding hydrogens is 516 g/mol. The maximum Gasteiger partial charge on any atom is 0.338 e. The molecule has 0 unspecified atom stereocenters. The highest BCUT2D eigenvalue weighted by Gasteiger charge is 2.26. The minimum atomic E-state index is -0.668. The number of aryl methyl sites for hydroxylation is 2.